The summed E-state index contributed by atoms with van der Waals surface area (Å²) < 4.78 is 19.0. The summed E-state index contributed by atoms with van der Waals surface area (Å²) in [6, 6.07) is 12.3. The number of nitrogens with one attached hydrogen (secondary N) is 1. The summed E-state index contributed by atoms with van der Waals surface area (Å²) in [5.41, 5.74) is 2.32. The van der Waals surface area contributed by atoms with Crippen LogP contribution in [0.2, 0.25) is 0 Å². The first kappa shape index (κ1) is 14.6. The largest absolute Gasteiger partial charge is 0.495 e. The van der Waals surface area contributed by atoms with Crippen LogP contribution < -0.4 is 10.1 Å². The van der Waals surface area contributed by atoms with Crippen LogP contribution >= 0.6 is 0 Å². The fourth-order valence-corrected chi connectivity index (χ4v) is 2.75. The zero-order valence-corrected chi connectivity index (χ0v) is 12.6. The van der Waals surface area contributed by atoms with Gasteiger partial charge >= 0.3 is 0 Å². The lowest BCUT2D eigenvalue weighted by Gasteiger charge is -2.11. The predicted octanol–water partition coefficient (Wildman–Crippen LogP) is 3.88. The second-order valence-electron chi connectivity index (χ2n) is 5.66. The van der Waals surface area contributed by atoms with Crippen LogP contribution in [0.4, 0.5) is 10.1 Å². The molecule has 0 heterocycles. The minimum Gasteiger partial charge on any atom is -0.495 e. The van der Waals surface area contributed by atoms with Crippen molar-refractivity contribution in [3.05, 3.63) is 59.4 Å². The number of carbonyl (C=O) groups excluding carboxylic acids is 1. The van der Waals surface area contributed by atoms with Gasteiger partial charge < -0.3 is 10.1 Å². The average molecular weight is 299 g/mol. The van der Waals surface area contributed by atoms with E-state index in [4.69, 9.17) is 4.74 Å². The molecule has 0 spiro atoms. The lowest BCUT2D eigenvalue weighted by atomic mass is 10.1. The highest BCUT2D eigenvalue weighted by atomic mass is 19.1. The molecule has 0 aromatic heterocycles. The molecule has 1 aliphatic rings. The Hall–Kier alpha value is -2.36. The van der Waals surface area contributed by atoms with Gasteiger partial charge in [-0.25, -0.2) is 4.39 Å². The summed E-state index contributed by atoms with van der Waals surface area (Å²) in [7, 11) is 1.57. The Bertz CT molecular complexity index is 714. The maximum atomic E-state index is 13.8. The van der Waals surface area contributed by atoms with E-state index in [0.29, 0.717) is 23.4 Å². The molecule has 1 aliphatic carbocycles. The van der Waals surface area contributed by atoms with Crippen LogP contribution in [-0.4, -0.2) is 13.0 Å². The second-order valence-corrected chi connectivity index (χ2v) is 5.66. The van der Waals surface area contributed by atoms with Gasteiger partial charge in [0.05, 0.1) is 12.8 Å². The number of aryl methyl sites for hydroxylation is 1. The van der Waals surface area contributed by atoms with Crippen molar-refractivity contribution in [2.24, 2.45) is 5.92 Å². The molecular formula is C18H18FNO2. The fourth-order valence-electron chi connectivity index (χ4n) is 2.75. The number of hydrogen-bond donors (Lipinski definition) is 1. The molecule has 4 heteroatoms. The van der Waals surface area contributed by atoms with E-state index < -0.39 is 0 Å². The fraction of sp³-hybridized carbons (Fsp3) is 0.278. The first-order valence-electron chi connectivity index (χ1n) is 7.30. The van der Waals surface area contributed by atoms with Gasteiger partial charge in [-0.2, -0.15) is 0 Å². The van der Waals surface area contributed by atoms with Gasteiger partial charge in [0.15, 0.2) is 0 Å². The molecule has 1 saturated carbocycles. The average Bonchev–Trinajstić information content (AvgIpc) is 3.28. The summed E-state index contributed by atoms with van der Waals surface area (Å²) in [6.45, 7) is 1.95. The van der Waals surface area contributed by atoms with Crippen LogP contribution in [0.1, 0.15) is 23.5 Å². The van der Waals surface area contributed by atoms with E-state index in [2.05, 4.69) is 5.32 Å². The maximum absolute atomic E-state index is 13.8. The van der Waals surface area contributed by atoms with E-state index in [-0.39, 0.29) is 23.6 Å². The van der Waals surface area contributed by atoms with Gasteiger partial charge in [-0.3, -0.25) is 4.79 Å². The standard InChI is InChI=1S/C18H18FNO2/c1-11-7-8-17(22-2)16(9-11)20-18(21)14-10-13(14)12-5-3-4-6-15(12)19/h3-9,13-14H,10H2,1-2H3,(H,20,21)/t13-,14+/m0/s1. The van der Waals surface area contributed by atoms with Crippen molar-refractivity contribution in [1.82, 2.24) is 0 Å². The molecule has 1 amide bonds. The van der Waals surface area contributed by atoms with Crippen molar-refractivity contribution in [1.29, 1.82) is 0 Å². The van der Waals surface area contributed by atoms with Gasteiger partial charge in [0.1, 0.15) is 11.6 Å². The summed E-state index contributed by atoms with van der Waals surface area (Å²) in [6.07, 6.45) is 0.681. The predicted molar refractivity (Wildman–Crippen MR) is 83.6 cm³/mol. The third-order valence-electron chi connectivity index (χ3n) is 4.04. The van der Waals surface area contributed by atoms with Gasteiger partial charge in [-0.05, 0) is 48.6 Å². The minimum absolute atomic E-state index is 0.0306. The normalized spacial score (nSPS) is 19.6. The van der Waals surface area contributed by atoms with Crippen LogP contribution in [0, 0.1) is 18.7 Å². The van der Waals surface area contributed by atoms with E-state index in [1.165, 1.54) is 6.07 Å². The third kappa shape index (κ3) is 2.82. The van der Waals surface area contributed by atoms with Crippen molar-refractivity contribution >= 4 is 11.6 Å². The zero-order chi connectivity index (χ0) is 15.7. The van der Waals surface area contributed by atoms with Gasteiger partial charge in [0.25, 0.3) is 0 Å². The molecule has 2 atom stereocenters. The number of amides is 1. The summed E-state index contributed by atoms with van der Waals surface area (Å²) in [4.78, 5) is 12.4. The molecule has 1 N–H and O–H groups in total. The van der Waals surface area contributed by atoms with Crippen molar-refractivity contribution in [3.63, 3.8) is 0 Å². The smallest absolute Gasteiger partial charge is 0.228 e. The molecule has 0 radical (unpaired) electrons. The number of ether oxygens (including phenoxy) is 1. The van der Waals surface area contributed by atoms with Crippen LogP contribution in [0.25, 0.3) is 0 Å². The molecule has 0 aliphatic heterocycles. The Kier molecular flexibility index (Phi) is 3.84. The maximum Gasteiger partial charge on any atom is 0.228 e. The number of carbonyl (C=O) groups is 1. The van der Waals surface area contributed by atoms with Crippen LogP contribution in [0.15, 0.2) is 42.5 Å². The molecular weight excluding hydrogens is 281 g/mol. The van der Waals surface area contributed by atoms with Crippen molar-refractivity contribution in [3.8, 4) is 5.75 Å². The number of benzene rings is 2. The Balaban J connectivity index is 1.72. The Morgan fingerprint density at radius 1 is 1.27 bits per heavy atom. The SMILES string of the molecule is COc1ccc(C)cc1NC(=O)[C@@H]1C[C@H]1c1ccccc1F. The van der Waals surface area contributed by atoms with Crippen molar-refractivity contribution in [2.45, 2.75) is 19.3 Å². The number of anilines is 1. The highest BCUT2D eigenvalue weighted by Gasteiger charge is 2.45. The monoisotopic (exact) mass is 299 g/mol. The van der Waals surface area contributed by atoms with E-state index >= 15 is 0 Å². The molecule has 1 fully saturated rings. The quantitative estimate of drug-likeness (QED) is 0.930. The second kappa shape index (κ2) is 5.79. The van der Waals surface area contributed by atoms with Crippen LogP contribution in [-0.2, 0) is 4.79 Å². The van der Waals surface area contributed by atoms with E-state index in [1.54, 1.807) is 25.3 Å². The van der Waals surface area contributed by atoms with Crippen molar-refractivity contribution < 1.29 is 13.9 Å². The van der Waals surface area contributed by atoms with Crippen molar-refractivity contribution in [2.75, 3.05) is 12.4 Å². The lowest BCUT2D eigenvalue weighted by molar-refractivity contribution is -0.117. The summed E-state index contributed by atoms with van der Waals surface area (Å²) in [5, 5.41) is 2.90. The Morgan fingerprint density at radius 2 is 2.05 bits per heavy atom. The topological polar surface area (TPSA) is 38.3 Å². The third-order valence-corrected chi connectivity index (χ3v) is 4.04. The number of halogens is 1. The van der Waals surface area contributed by atoms with Gasteiger partial charge in [-0.15, -0.1) is 0 Å². The van der Waals surface area contributed by atoms with Gasteiger partial charge in [0.2, 0.25) is 5.91 Å². The molecule has 22 heavy (non-hydrogen) atoms. The molecule has 0 saturated heterocycles. The zero-order valence-electron chi connectivity index (χ0n) is 12.6. The molecule has 2 aromatic rings. The molecule has 0 bridgehead atoms. The highest BCUT2D eigenvalue weighted by Crippen LogP contribution is 2.49. The van der Waals surface area contributed by atoms with E-state index in [1.807, 2.05) is 25.1 Å². The first-order chi connectivity index (χ1) is 10.6. The first-order valence-corrected chi connectivity index (χ1v) is 7.30. The molecule has 2 aromatic carbocycles. The summed E-state index contributed by atoms with van der Waals surface area (Å²) in [5.74, 6) is 0.0919. The van der Waals surface area contributed by atoms with Crippen LogP contribution in [0.5, 0.6) is 5.75 Å². The summed E-state index contributed by atoms with van der Waals surface area (Å²) >= 11 is 0. The Labute approximate surface area is 129 Å². The highest BCUT2D eigenvalue weighted by molar-refractivity contribution is 5.96. The molecule has 0 unspecified atom stereocenters. The number of methoxy groups -OCH3 is 1. The molecule has 3 nitrogen and oxygen atoms in total. The van der Waals surface area contributed by atoms with Gasteiger partial charge in [-0.1, -0.05) is 24.3 Å². The number of rotatable bonds is 4. The number of hydrogen-bond acceptors (Lipinski definition) is 2. The lowest BCUT2D eigenvalue weighted by Crippen LogP contribution is -2.15. The van der Waals surface area contributed by atoms with E-state index in [9.17, 15) is 9.18 Å². The van der Waals surface area contributed by atoms with Crippen LogP contribution in [0.3, 0.4) is 0 Å². The molecule has 114 valence electrons. The van der Waals surface area contributed by atoms with E-state index in [0.717, 1.165) is 5.56 Å². The Morgan fingerprint density at radius 3 is 2.77 bits per heavy atom. The minimum atomic E-state index is -0.240. The van der Waals surface area contributed by atoms with Gasteiger partial charge in [0, 0.05) is 5.92 Å². The molecule has 3 rings (SSSR count).